The Bertz CT molecular complexity index is 616. The second-order valence-corrected chi connectivity index (χ2v) is 6.21. The highest BCUT2D eigenvalue weighted by Crippen LogP contribution is 2.30. The summed E-state index contributed by atoms with van der Waals surface area (Å²) in [6.45, 7) is 0. The van der Waals surface area contributed by atoms with E-state index in [1.54, 1.807) is 12.1 Å². The normalized spacial score (nSPS) is 16.0. The molecule has 2 aromatic rings. The molecule has 0 fully saturated rings. The molecule has 110 valence electrons. The molecule has 1 atom stereocenters. The SMILES string of the molecule is CNC(Cc1ccc(Cl)cc1F)C1Cc2ccccc2C1. The number of nitrogens with one attached hydrogen (secondary N) is 1. The molecule has 0 saturated heterocycles. The molecule has 1 aliphatic rings. The van der Waals surface area contributed by atoms with E-state index < -0.39 is 0 Å². The van der Waals surface area contributed by atoms with Gasteiger partial charge in [-0.05, 0) is 61.1 Å². The van der Waals surface area contributed by atoms with Crippen molar-refractivity contribution in [2.75, 3.05) is 7.05 Å². The number of fused-ring (bicyclic) bond motifs is 1. The number of hydrogen-bond acceptors (Lipinski definition) is 1. The van der Waals surface area contributed by atoms with Crippen LogP contribution in [0.4, 0.5) is 4.39 Å². The molecule has 0 heterocycles. The Labute approximate surface area is 130 Å². The molecular weight excluding hydrogens is 285 g/mol. The van der Waals surface area contributed by atoms with Crippen LogP contribution in [0.25, 0.3) is 0 Å². The molecule has 1 nitrogen and oxygen atoms in total. The van der Waals surface area contributed by atoms with Crippen molar-refractivity contribution in [3.8, 4) is 0 Å². The average Bonchev–Trinajstić information content (AvgIpc) is 2.90. The van der Waals surface area contributed by atoms with Crippen molar-refractivity contribution in [3.05, 3.63) is 70.0 Å². The van der Waals surface area contributed by atoms with Gasteiger partial charge in [0, 0.05) is 11.1 Å². The number of benzene rings is 2. The maximum atomic E-state index is 14.0. The third-order valence-corrected chi connectivity index (χ3v) is 4.71. The van der Waals surface area contributed by atoms with Gasteiger partial charge in [-0.15, -0.1) is 0 Å². The second kappa shape index (κ2) is 6.17. The van der Waals surface area contributed by atoms with Crippen molar-refractivity contribution in [2.24, 2.45) is 5.92 Å². The highest BCUT2D eigenvalue weighted by atomic mass is 35.5. The molecule has 0 aliphatic heterocycles. The molecule has 0 bridgehead atoms. The van der Waals surface area contributed by atoms with Gasteiger partial charge in [-0.2, -0.15) is 0 Å². The van der Waals surface area contributed by atoms with Crippen LogP contribution in [0.5, 0.6) is 0 Å². The van der Waals surface area contributed by atoms with E-state index in [1.165, 1.54) is 17.2 Å². The first-order valence-electron chi connectivity index (χ1n) is 7.35. The molecule has 1 aliphatic carbocycles. The van der Waals surface area contributed by atoms with Crippen LogP contribution in [0, 0.1) is 11.7 Å². The minimum absolute atomic E-state index is 0.210. The molecule has 21 heavy (non-hydrogen) atoms. The van der Waals surface area contributed by atoms with Gasteiger partial charge in [0.05, 0.1) is 0 Å². The first-order valence-corrected chi connectivity index (χ1v) is 7.73. The maximum absolute atomic E-state index is 14.0. The van der Waals surface area contributed by atoms with Crippen molar-refractivity contribution in [1.82, 2.24) is 5.32 Å². The van der Waals surface area contributed by atoms with Crippen LogP contribution in [-0.4, -0.2) is 13.1 Å². The van der Waals surface area contributed by atoms with E-state index in [4.69, 9.17) is 11.6 Å². The van der Waals surface area contributed by atoms with Crippen molar-refractivity contribution in [3.63, 3.8) is 0 Å². The van der Waals surface area contributed by atoms with Crippen LogP contribution in [-0.2, 0) is 19.3 Å². The van der Waals surface area contributed by atoms with Crippen LogP contribution < -0.4 is 5.32 Å². The topological polar surface area (TPSA) is 12.0 Å². The summed E-state index contributed by atoms with van der Waals surface area (Å²) >= 11 is 5.82. The summed E-state index contributed by atoms with van der Waals surface area (Å²) in [5.74, 6) is 0.306. The van der Waals surface area contributed by atoms with E-state index in [-0.39, 0.29) is 11.9 Å². The van der Waals surface area contributed by atoms with Gasteiger partial charge in [0.2, 0.25) is 0 Å². The highest BCUT2D eigenvalue weighted by Gasteiger charge is 2.28. The van der Waals surface area contributed by atoms with Gasteiger partial charge in [0.1, 0.15) is 5.82 Å². The van der Waals surface area contributed by atoms with Crippen molar-refractivity contribution < 1.29 is 4.39 Å². The fourth-order valence-corrected chi connectivity index (χ4v) is 3.46. The van der Waals surface area contributed by atoms with Crippen molar-refractivity contribution in [2.45, 2.75) is 25.3 Å². The van der Waals surface area contributed by atoms with Gasteiger partial charge >= 0.3 is 0 Å². The molecule has 3 rings (SSSR count). The van der Waals surface area contributed by atoms with Crippen LogP contribution in [0.3, 0.4) is 0 Å². The molecule has 3 heteroatoms. The molecule has 0 aromatic heterocycles. The third-order valence-electron chi connectivity index (χ3n) is 4.48. The van der Waals surface area contributed by atoms with Crippen molar-refractivity contribution in [1.29, 1.82) is 0 Å². The monoisotopic (exact) mass is 303 g/mol. The third kappa shape index (κ3) is 3.12. The zero-order valence-electron chi connectivity index (χ0n) is 12.1. The second-order valence-electron chi connectivity index (χ2n) is 5.77. The Morgan fingerprint density at radius 1 is 1.19 bits per heavy atom. The summed E-state index contributed by atoms with van der Waals surface area (Å²) in [6, 6.07) is 13.8. The Kier molecular flexibility index (Phi) is 4.27. The average molecular weight is 304 g/mol. The molecular formula is C18H19ClFN. The predicted molar refractivity (Wildman–Crippen MR) is 85.3 cm³/mol. The highest BCUT2D eigenvalue weighted by molar-refractivity contribution is 6.30. The lowest BCUT2D eigenvalue weighted by Crippen LogP contribution is -2.36. The van der Waals surface area contributed by atoms with Gasteiger partial charge < -0.3 is 5.32 Å². The molecule has 1 N–H and O–H groups in total. The van der Waals surface area contributed by atoms with E-state index in [0.717, 1.165) is 18.4 Å². The minimum Gasteiger partial charge on any atom is -0.316 e. The number of likely N-dealkylation sites (N-methyl/N-ethyl adjacent to an activating group) is 1. The molecule has 0 spiro atoms. The zero-order valence-corrected chi connectivity index (χ0v) is 12.8. The first-order chi connectivity index (χ1) is 10.2. The van der Waals surface area contributed by atoms with Gasteiger partial charge in [-0.25, -0.2) is 4.39 Å². The summed E-state index contributed by atoms with van der Waals surface area (Å²) in [6.07, 6.45) is 2.83. The molecule has 0 amide bonds. The minimum atomic E-state index is -0.210. The smallest absolute Gasteiger partial charge is 0.127 e. The Balaban J connectivity index is 1.75. The largest absolute Gasteiger partial charge is 0.316 e. The zero-order chi connectivity index (χ0) is 14.8. The van der Waals surface area contributed by atoms with Crippen LogP contribution in [0.2, 0.25) is 5.02 Å². The molecule has 0 radical (unpaired) electrons. The summed E-state index contributed by atoms with van der Waals surface area (Å²) in [5, 5.41) is 3.82. The maximum Gasteiger partial charge on any atom is 0.127 e. The Morgan fingerprint density at radius 2 is 1.86 bits per heavy atom. The van der Waals surface area contributed by atoms with Gasteiger partial charge in [0.25, 0.3) is 0 Å². The summed E-state index contributed by atoms with van der Waals surface area (Å²) in [7, 11) is 1.96. The standard InChI is InChI=1S/C18H19ClFN/c1-21-18(10-14-6-7-16(19)11-17(14)20)15-8-12-4-2-3-5-13(12)9-15/h2-7,11,15,18,21H,8-10H2,1H3. The fraction of sp³-hybridized carbons (Fsp3) is 0.333. The number of rotatable bonds is 4. The lowest BCUT2D eigenvalue weighted by Gasteiger charge is -2.23. The summed E-state index contributed by atoms with van der Waals surface area (Å²) in [5.41, 5.74) is 3.59. The van der Waals surface area contributed by atoms with Crippen LogP contribution in [0.15, 0.2) is 42.5 Å². The van der Waals surface area contributed by atoms with E-state index in [9.17, 15) is 4.39 Å². The van der Waals surface area contributed by atoms with Gasteiger partial charge in [-0.1, -0.05) is 41.9 Å². The molecule has 0 saturated carbocycles. The fourth-order valence-electron chi connectivity index (χ4n) is 3.31. The Hall–Kier alpha value is -1.38. The van der Waals surface area contributed by atoms with E-state index in [0.29, 0.717) is 17.4 Å². The van der Waals surface area contributed by atoms with E-state index in [1.807, 2.05) is 7.05 Å². The lowest BCUT2D eigenvalue weighted by molar-refractivity contribution is 0.379. The van der Waals surface area contributed by atoms with Crippen LogP contribution in [0.1, 0.15) is 16.7 Å². The summed E-state index contributed by atoms with van der Waals surface area (Å²) < 4.78 is 14.0. The van der Waals surface area contributed by atoms with Crippen LogP contribution >= 0.6 is 11.6 Å². The quantitative estimate of drug-likeness (QED) is 0.899. The lowest BCUT2D eigenvalue weighted by atomic mass is 9.91. The predicted octanol–water partition coefficient (Wildman–Crippen LogP) is 4.02. The van der Waals surface area contributed by atoms with E-state index in [2.05, 4.69) is 29.6 Å². The molecule has 2 aromatic carbocycles. The number of halogens is 2. The Morgan fingerprint density at radius 3 is 2.43 bits per heavy atom. The van der Waals surface area contributed by atoms with Gasteiger partial charge in [-0.3, -0.25) is 0 Å². The number of hydrogen-bond donors (Lipinski definition) is 1. The first kappa shape index (κ1) is 14.6. The summed E-state index contributed by atoms with van der Waals surface area (Å²) in [4.78, 5) is 0. The van der Waals surface area contributed by atoms with Crippen molar-refractivity contribution >= 4 is 11.6 Å². The van der Waals surface area contributed by atoms with Gasteiger partial charge in [0.15, 0.2) is 0 Å². The van der Waals surface area contributed by atoms with E-state index >= 15 is 0 Å². The molecule has 1 unspecified atom stereocenters.